The van der Waals surface area contributed by atoms with Gasteiger partial charge in [0.1, 0.15) is 13.2 Å². The van der Waals surface area contributed by atoms with Crippen molar-refractivity contribution in [2.24, 2.45) is 0 Å². The van der Waals surface area contributed by atoms with Crippen LogP contribution < -0.4 is 0 Å². The number of hydrogen-bond donors (Lipinski definition) is 0. The summed E-state index contributed by atoms with van der Waals surface area (Å²) in [6, 6.07) is 2.13. The first-order valence-corrected chi connectivity index (χ1v) is 7.14. The van der Waals surface area contributed by atoms with Crippen LogP contribution in [0.15, 0.2) is 12.3 Å². The molecule has 0 bridgehead atoms. The standard InChI is InChI=1S/C14H19F3N2O2/c15-14(16,17)10-21-9-13(20)8-11-6-7-19(18-11)12-4-2-1-3-5-12/h6-7,12H,1-5,8-10H2. The number of alkyl halides is 3. The summed E-state index contributed by atoms with van der Waals surface area (Å²) in [6.45, 7) is -1.93. The second-order valence-electron chi connectivity index (χ2n) is 5.40. The van der Waals surface area contributed by atoms with Gasteiger partial charge in [-0.25, -0.2) is 0 Å². The molecule has 4 nitrogen and oxygen atoms in total. The summed E-state index contributed by atoms with van der Waals surface area (Å²) in [6.07, 6.45) is 3.25. The normalized spacial score (nSPS) is 17.1. The molecule has 1 aromatic heterocycles. The number of ketones is 1. The van der Waals surface area contributed by atoms with E-state index in [9.17, 15) is 18.0 Å². The SMILES string of the molecule is O=C(COCC(F)(F)F)Cc1ccn(C2CCCCC2)n1. The first kappa shape index (κ1) is 16.0. The summed E-state index contributed by atoms with van der Waals surface area (Å²) in [5, 5.41) is 4.35. The van der Waals surface area contributed by atoms with Crippen molar-refractivity contribution >= 4 is 5.78 Å². The Morgan fingerprint density at radius 2 is 2.05 bits per heavy atom. The molecule has 0 spiro atoms. The fraction of sp³-hybridized carbons (Fsp3) is 0.714. The highest BCUT2D eigenvalue weighted by molar-refractivity contribution is 5.81. The quantitative estimate of drug-likeness (QED) is 0.811. The Balaban J connectivity index is 1.77. The van der Waals surface area contributed by atoms with E-state index in [1.54, 1.807) is 6.07 Å². The number of rotatable bonds is 6. The molecule has 0 amide bonds. The Morgan fingerprint density at radius 3 is 2.71 bits per heavy atom. The molecule has 0 aromatic carbocycles. The summed E-state index contributed by atoms with van der Waals surface area (Å²) >= 11 is 0. The van der Waals surface area contributed by atoms with Crippen LogP contribution in [0, 0.1) is 0 Å². The Labute approximate surface area is 121 Å². The molecule has 2 rings (SSSR count). The molecule has 118 valence electrons. The van der Waals surface area contributed by atoms with Crippen LogP contribution in [0.5, 0.6) is 0 Å². The zero-order valence-corrected chi connectivity index (χ0v) is 11.7. The van der Waals surface area contributed by atoms with E-state index >= 15 is 0 Å². The number of ether oxygens (including phenoxy) is 1. The van der Waals surface area contributed by atoms with Crippen LogP contribution in [0.3, 0.4) is 0 Å². The van der Waals surface area contributed by atoms with Crippen molar-refractivity contribution in [3.8, 4) is 0 Å². The van der Waals surface area contributed by atoms with Gasteiger partial charge in [0.05, 0.1) is 18.2 Å². The average molecular weight is 304 g/mol. The number of hydrogen-bond acceptors (Lipinski definition) is 3. The van der Waals surface area contributed by atoms with Crippen molar-refractivity contribution in [2.75, 3.05) is 13.2 Å². The molecule has 0 atom stereocenters. The molecule has 7 heteroatoms. The lowest BCUT2D eigenvalue weighted by atomic mass is 9.96. The molecule has 21 heavy (non-hydrogen) atoms. The first-order valence-electron chi connectivity index (χ1n) is 7.14. The lowest BCUT2D eigenvalue weighted by Gasteiger charge is -2.21. The highest BCUT2D eigenvalue weighted by atomic mass is 19.4. The van der Waals surface area contributed by atoms with E-state index < -0.39 is 25.2 Å². The molecule has 1 aliphatic carbocycles. The molecule has 1 aromatic rings. The predicted octanol–water partition coefficient (Wildman–Crippen LogP) is 3.08. The zero-order valence-electron chi connectivity index (χ0n) is 11.7. The first-order chi connectivity index (χ1) is 9.94. The fourth-order valence-corrected chi connectivity index (χ4v) is 2.55. The molecule has 1 fully saturated rings. The van der Waals surface area contributed by atoms with Gasteiger partial charge in [0.2, 0.25) is 0 Å². The highest BCUT2D eigenvalue weighted by Crippen LogP contribution is 2.27. The third-order valence-electron chi connectivity index (χ3n) is 3.52. The molecule has 0 aliphatic heterocycles. The third kappa shape index (κ3) is 5.49. The smallest absolute Gasteiger partial charge is 0.364 e. The van der Waals surface area contributed by atoms with Gasteiger partial charge in [-0.3, -0.25) is 9.48 Å². The Morgan fingerprint density at radius 1 is 1.33 bits per heavy atom. The van der Waals surface area contributed by atoms with E-state index in [0.29, 0.717) is 11.7 Å². The number of aromatic nitrogens is 2. The number of nitrogens with zero attached hydrogens (tertiary/aromatic N) is 2. The summed E-state index contributed by atoms with van der Waals surface area (Å²) in [5.41, 5.74) is 0.584. The largest absolute Gasteiger partial charge is 0.411 e. The number of Topliss-reactive ketones (excluding diaryl/α,β-unsaturated/α-hetero) is 1. The highest BCUT2D eigenvalue weighted by Gasteiger charge is 2.27. The van der Waals surface area contributed by atoms with Crippen molar-refractivity contribution < 1.29 is 22.7 Å². The minimum absolute atomic E-state index is 0.0115. The molecule has 1 saturated carbocycles. The molecule has 0 unspecified atom stereocenters. The van der Waals surface area contributed by atoms with Crippen LogP contribution in [-0.4, -0.2) is 35.0 Å². The topological polar surface area (TPSA) is 44.1 Å². The molecule has 0 radical (unpaired) electrons. The van der Waals surface area contributed by atoms with E-state index in [4.69, 9.17) is 0 Å². The van der Waals surface area contributed by atoms with Crippen LogP contribution in [0.25, 0.3) is 0 Å². The van der Waals surface area contributed by atoms with Gasteiger partial charge in [-0.1, -0.05) is 19.3 Å². The van der Waals surface area contributed by atoms with Crippen LogP contribution >= 0.6 is 0 Å². The van der Waals surface area contributed by atoms with Crippen molar-refractivity contribution in [2.45, 2.75) is 50.7 Å². The van der Waals surface area contributed by atoms with Crippen LogP contribution in [0.4, 0.5) is 13.2 Å². The third-order valence-corrected chi connectivity index (χ3v) is 3.52. The summed E-state index contributed by atoms with van der Waals surface area (Å²) in [4.78, 5) is 11.5. The van der Waals surface area contributed by atoms with Crippen LogP contribution in [0.2, 0.25) is 0 Å². The fourth-order valence-electron chi connectivity index (χ4n) is 2.55. The van der Waals surface area contributed by atoms with Gasteiger partial charge in [-0.2, -0.15) is 18.3 Å². The molecular formula is C14H19F3N2O2. The number of halogens is 3. The number of carbonyl (C=O) groups is 1. The van der Waals surface area contributed by atoms with Gasteiger partial charge in [0.15, 0.2) is 5.78 Å². The monoisotopic (exact) mass is 304 g/mol. The molecule has 0 N–H and O–H groups in total. The molecule has 1 aliphatic rings. The average Bonchev–Trinajstić information content (AvgIpc) is 2.86. The van der Waals surface area contributed by atoms with Gasteiger partial charge >= 0.3 is 6.18 Å². The van der Waals surface area contributed by atoms with E-state index in [0.717, 1.165) is 12.8 Å². The van der Waals surface area contributed by atoms with E-state index in [1.165, 1.54) is 19.3 Å². The van der Waals surface area contributed by atoms with Gasteiger partial charge < -0.3 is 4.74 Å². The molecular weight excluding hydrogens is 285 g/mol. The lowest BCUT2D eigenvalue weighted by Crippen LogP contribution is -2.21. The minimum atomic E-state index is -4.40. The van der Waals surface area contributed by atoms with Gasteiger partial charge in [0.25, 0.3) is 0 Å². The maximum atomic E-state index is 11.9. The maximum absolute atomic E-state index is 11.9. The summed E-state index contributed by atoms with van der Waals surface area (Å²) < 4.78 is 41.9. The second-order valence-corrected chi connectivity index (χ2v) is 5.40. The van der Waals surface area contributed by atoms with Crippen LogP contribution in [-0.2, 0) is 16.0 Å². The second kappa shape index (κ2) is 7.06. The zero-order chi connectivity index (χ0) is 15.3. The van der Waals surface area contributed by atoms with Gasteiger partial charge in [-0.15, -0.1) is 0 Å². The Kier molecular flexibility index (Phi) is 5.39. The van der Waals surface area contributed by atoms with Crippen molar-refractivity contribution in [1.82, 2.24) is 9.78 Å². The van der Waals surface area contributed by atoms with Crippen molar-refractivity contribution in [1.29, 1.82) is 0 Å². The van der Waals surface area contributed by atoms with Crippen molar-refractivity contribution in [3.05, 3.63) is 18.0 Å². The van der Waals surface area contributed by atoms with E-state index in [-0.39, 0.29) is 6.42 Å². The van der Waals surface area contributed by atoms with Gasteiger partial charge in [-0.05, 0) is 18.9 Å². The lowest BCUT2D eigenvalue weighted by molar-refractivity contribution is -0.175. The minimum Gasteiger partial charge on any atom is -0.364 e. The molecule has 1 heterocycles. The Bertz CT molecular complexity index is 465. The van der Waals surface area contributed by atoms with Crippen LogP contribution in [0.1, 0.15) is 43.8 Å². The number of carbonyl (C=O) groups excluding carboxylic acids is 1. The van der Waals surface area contributed by atoms with Crippen molar-refractivity contribution in [3.63, 3.8) is 0 Å². The summed E-state index contributed by atoms with van der Waals surface area (Å²) in [7, 11) is 0. The van der Waals surface area contributed by atoms with E-state index in [1.807, 2.05) is 10.9 Å². The van der Waals surface area contributed by atoms with Gasteiger partial charge in [0, 0.05) is 6.20 Å². The maximum Gasteiger partial charge on any atom is 0.411 e. The molecule has 0 saturated heterocycles. The van der Waals surface area contributed by atoms with E-state index in [2.05, 4.69) is 9.84 Å². The Hall–Kier alpha value is -1.37. The summed E-state index contributed by atoms with van der Waals surface area (Å²) in [5.74, 6) is -0.395. The predicted molar refractivity (Wildman–Crippen MR) is 69.9 cm³/mol.